The number of nitrogens with zero attached hydrogens (tertiary/aromatic N) is 5. The predicted octanol–water partition coefficient (Wildman–Crippen LogP) is 3.79. The van der Waals surface area contributed by atoms with Crippen LogP contribution in [0, 0.1) is 10.8 Å². The molecule has 0 spiro atoms. The van der Waals surface area contributed by atoms with Crippen LogP contribution in [0.5, 0.6) is 0 Å². The molecule has 156 valence electrons. The van der Waals surface area contributed by atoms with Gasteiger partial charge in [0.25, 0.3) is 0 Å². The summed E-state index contributed by atoms with van der Waals surface area (Å²) < 4.78 is 38.7. The lowest BCUT2D eigenvalue weighted by Crippen LogP contribution is -2.39. The number of carbonyl (C=O) groups is 1. The monoisotopic (exact) mass is 407 g/mol. The van der Waals surface area contributed by atoms with E-state index in [0.717, 1.165) is 42.7 Å². The molecule has 0 N–H and O–H groups in total. The summed E-state index contributed by atoms with van der Waals surface area (Å²) in [5, 5.41) is 11.8. The van der Waals surface area contributed by atoms with Gasteiger partial charge < -0.3 is 4.90 Å². The smallest absolute Gasteiger partial charge is 0.337 e. The van der Waals surface area contributed by atoms with Crippen molar-refractivity contribution in [2.75, 3.05) is 6.54 Å². The predicted molar refractivity (Wildman–Crippen MR) is 99.5 cm³/mol. The maximum atomic E-state index is 12.9. The Hall–Kier alpha value is -2.45. The largest absolute Gasteiger partial charge is 0.416 e. The van der Waals surface area contributed by atoms with Gasteiger partial charge in [-0.3, -0.25) is 4.79 Å². The van der Waals surface area contributed by atoms with E-state index in [1.165, 1.54) is 12.1 Å². The fraction of sp³-hybridized carbons (Fsp3) is 0.600. The number of hydrogen-bond donors (Lipinski definition) is 0. The van der Waals surface area contributed by atoms with Crippen LogP contribution in [0.4, 0.5) is 13.2 Å². The average molecular weight is 407 g/mol. The Kier molecular flexibility index (Phi) is 4.47. The average Bonchev–Trinajstić information content (AvgIpc) is 3.15. The summed E-state index contributed by atoms with van der Waals surface area (Å²) in [6.45, 7) is 7.36. The number of halogens is 3. The van der Waals surface area contributed by atoms with Gasteiger partial charge in [0.2, 0.25) is 11.7 Å². The van der Waals surface area contributed by atoms with Crippen LogP contribution in [0.2, 0.25) is 0 Å². The highest BCUT2D eigenvalue weighted by molar-refractivity contribution is 5.76. The van der Waals surface area contributed by atoms with Crippen LogP contribution in [0.3, 0.4) is 0 Å². The van der Waals surface area contributed by atoms with Crippen molar-refractivity contribution in [3.8, 4) is 11.4 Å². The van der Waals surface area contributed by atoms with Gasteiger partial charge in [-0.25, -0.2) is 0 Å². The van der Waals surface area contributed by atoms with E-state index in [1.807, 2.05) is 4.90 Å². The van der Waals surface area contributed by atoms with E-state index < -0.39 is 11.7 Å². The van der Waals surface area contributed by atoms with Crippen molar-refractivity contribution in [2.45, 2.75) is 58.8 Å². The van der Waals surface area contributed by atoms with Crippen LogP contribution < -0.4 is 0 Å². The fourth-order valence-electron chi connectivity index (χ4n) is 5.22. The summed E-state index contributed by atoms with van der Waals surface area (Å²) in [4.78, 5) is 16.0. The number of likely N-dealkylation sites (tertiary alicyclic amines) is 1. The molecule has 2 heterocycles. The molecule has 1 aliphatic carbocycles. The van der Waals surface area contributed by atoms with Gasteiger partial charge in [-0.1, -0.05) is 32.9 Å². The number of benzene rings is 1. The lowest BCUT2D eigenvalue weighted by Gasteiger charge is -2.39. The number of aromatic nitrogens is 4. The zero-order valence-corrected chi connectivity index (χ0v) is 16.7. The lowest BCUT2D eigenvalue weighted by atomic mass is 9.65. The van der Waals surface area contributed by atoms with Crippen molar-refractivity contribution in [3.05, 3.63) is 29.8 Å². The summed E-state index contributed by atoms with van der Waals surface area (Å²) in [7, 11) is 0. The zero-order chi connectivity index (χ0) is 21.0. The molecule has 6 nitrogen and oxygen atoms in total. The normalized spacial score (nSPS) is 26.0. The molecule has 1 aromatic heterocycles. The Morgan fingerprint density at radius 1 is 1.24 bits per heavy atom. The molecule has 4 rings (SSSR count). The zero-order valence-electron chi connectivity index (χ0n) is 16.7. The van der Waals surface area contributed by atoms with Crippen LogP contribution >= 0.6 is 0 Å². The molecule has 2 atom stereocenters. The highest BCUT2D eigenvalue weighted by Crippen LogP contribution is 2.52. The molecular formula is C20H24F3N5O. The lowest BCUT2D eigenvalue weighted by molar-refractivity contribution is -0.137. The summed E-state index contributed by atoms with van der Waals surface area (Å²) >= 11 is 0. The van der Waals surface area contributed by atoms with E-state index >= 15 is 0 Å². The molecule has 1 aliphatic heterocycles. The number of carbonyl (C=O) groups excluding carboxylic acids is 1. The molecule has 2 fully saturated rings. The molecule has 1 aromatic carbocycles. The number of amides is 1. The minimum absolute atomic E-state index is 0.0668. The topological polar surface area (TPSA) is 63.9 Å². The fourth-order valence-corrected chi connectivity index (χ4v) is 5.22. The molecule has 1 saturated carbocycles. The second kappa shape index (κ2) is 6.53. The summed E-state index contributed by atoms with van der Waals surface area (Å²) in [5.74, 6) is -0.0124. The van der Waals surface area contributed by atoms with E-state index in [2.05, 4.69) is 36.2 Å². The SMILES string of the molecule is CC1(C)C[C@H]2C[C@](C)(CN2C(=O)Cn2nnc(-c3cccc(C(F)(F)F)c3)n2)C1. The van der Waals surface area contributed by atoms with Crippen molar-refractivity contribution in [3.63, 3.8) is 0 Å². The molecule has 1 saturated heterocycles. The third-order valence-corrected chi connectivity index (χ3v) is 5.91. The Balaban J connectivity index is 1.48. The van der Waals surface area contributed by atoms with E-state index in [4.69, 9.17) is 0 Å². The van der Waals surface area contributed by atoms with E-state index in [-0.39, 0.29) is 40.7 Å². The molecule has 29 heavy (non-hydrogen) atoms. The number of fused-ring (bicyclic) bond motifs is 2. The molecule has 2 bridgehead atoms. The summed E-state index contributed by atoms with van der Waals surface area (Å²) in [6, 6.07) is 4.98. The van der Waals surface area contributed by atoms with Gasteiger partial charge in [-0.05, 0) is 47.4 Å². The third kappa shape index (κ3) is 4.00. The van der Waals surface area contributed by atoms with Crippen LogP contribution in [-0.4, -0.2) is 43.6 Å². The van der Waals surface area contributed by atoms with Gasteiger partial charge in [0.1, 0.15) is 6.54 Å². The highest BCUT2D eigenvalue weighted by atomic mass is 19.4. The van der Waals surface area contributed by atoms with Gasteiger partial charge in [-0.2, -0.15) is 18.0 Å². The standard InChI is InChI=1S/C20H24F3N5O/c1-18(2)8-15-9-19(3,11-18)12-27(15)16(29)10-28-25-17(24-26-28)13-5-4-6-14(7-13)20(21,22)23/h4-7,15H,8-12H2,1-3H3/t15-,19-/m0/s1. The van der Waals surface area contributed by atoms with E-state index in [0.29, 0.717) is 0 Å². The van der Waals surface area contributed by atoms with Crippen LogP contribution in [0.15, 0.2) is 24.3 Å². The molecule has 2 aromatic rings. The van der Waals surface area contributed by atoms with Crippen molar-refractivity contribution >= 4 is 5.91 Å². The summed E-state index contributed by atoms with van der Waals surface area (Å²) in [5.41, 5.74) is -0.233. The first-order valence-electron chi connectivity index (χ1n) is 9.69. The Bertz CT molecular complexity index is 938. The number of hydrogen-bond acceptors (Lipinski definition) is 4. The minimum atomic E-state index is -4.45. The number of tetrazole rings is 1. The van der Waals surface area contributed by atoms with Crippen molar-refractivity contribution < 1.29 is 18.0 Å². The van der Waals surface area contributed by atoms with Crippen LogP contribution in [-0.2, 0) is 17.5 Å². The first-order chi connectivity index (χ1) is 13.4. The van der Waals surface area contributed by atoms with Crippen molar-refractivity contribution in [2.24, 2.45) is 10.8 Å². The maximum absolute atomic E-state index is 12.9. The first kappa shape index (κ1) is 19.8. The number of rotatable bonds is 3. The Morgan fingerprint density at radius 2 is 2.00 bits per heavy atom. The van der Waals surface area contributed by atoms with Gasteiger partial charge >= 0.3 is 6.18 Å². The van der Waals surface area contributed by atoms with E-state index in [9.17, 15) is 18.0 Å². The highest BCUT2D eigenvalue weighted by Gasteiger charge is 2.50. The van der Waals surface area contributed by atoms with Crippen LogP contribution in [0.25, 0.3) is 11.4 Å². The van der Waals surface area contributed by atoms with Crippen molar-refractivity contribution in [1.29, 1.82) is 0 Å². The molecule has 9 heteroatoms. The minimum Gasteiger partial charge on any atom is -0.337 e. The van der Waals surface area contributed by atoms with Gasteiger partial charge in [0, 0.05) is 18.2 Å². The third-order valence-electron chi connectivity index (χ3n) is 5.91. The maximum Gasteiger partial charge on any atom is 0.416 e. The molecule has 2 aliphatic rings. The first-order valence-corrected chi connectivity index (χ1v) is 9.69. The quantitative estimate of drug-likeness (QED) is 0.777. The molecule has 0 radical (unpaired) electrons. The number of alkyl halides is 3. The van der Waals surface area contributed by atoms with Crippen LogP contribution in [0.1, 0.15) is 45.6 Å². The Morgan fingerprint density at radius 3 is 2.72 bits per heavy atom. The second-order valence-corrected chi connectivity index (χ2v) is 9.46. The van der Waals surface area contributed by atoms with Crippen molar-refractivity contribution in [1.82, 2.24) is 25.1 Å². The van der Waals surface area contributed by atoms with Gasteiger partial charge in [0.05, 0.1) is 5.56 Å². The second-order valence-electron chi connectivity index (χ2n) is 9.46. The van der Waals surface area contributed by atoms with Gasteiger partial charge in [-0.15, -0.1) is 10.2 Å². The van der Waals surface area contributed by atoms with Gasteiger partial charge in [0.15, 0.2) is 0 Å². The molecule has 1 amide bonds. The molecule has 0 unspecified atom stereocenters. The molecular weight excluding hydrogens is 383 g/mol. The van der Waals surface area contributed by atoms with E-state index in [1.54, 1.807) is 0 Å². The summed E-state index contributed by atoms with van der Waals surface area (Å²) in [6.07, 6.45) is -1.39. The Labute approximate surface area is 167 Å².